The molecule has 3 aromatic rings. The van der Waals surface area contributed by atoms with Crippen molar-refractivity contribution in [3.05, 3.63) is 75.6 Å². The first-order valence-electron chi connectivity index (χ1n) is 9.74. The second-order valence-corrected chi connectivity index (χ2v) is 6.89. The quantitative estimate of drug-likeness (QED) is 0.572. The topological polar surface area (TPSA) is 69.0 Å². The Kier molecular flexibility index (Phi) is 5.36. The van der Waals surface area contributed by atoms with E-state index in [0.29, 0.717) is 48.5 Å². The summed E-state index contributed by atoms with van der Waals surface area (Å²) in [6, 6.07) is 14.0. The maximum atomic E-state index is 13.3. The number of rotatable bonds is 7. The van der Waals surface area contributed by atoms with Crippen LogP contribution in [-0.4, -0.2) is 37.7 Å². The standard InChI is InChI=1S/C23H23NO5/c1-3-28-14-6-13-24-20(15-9-11-16(27-2)12-10-15)19-21(25)17-7-4-5-8-18(17)29-22(19)23(24)26/h4-5,7-12,20H,3,6,13-14H2,1-2H3. The van der Waals surface area contributed by atoms with Gasteiger partial charge in [-0.3, -0.25) is 9.59 Å². The summed E-state index contributed by atoms with van der Waals surface area (Å²) in [7, 11) is 1.60. The molecule has 1 aliphatic rings. The van der Waals surface area contributed by atoms with Gasteiger partial charge in [0, 0.05) is 19.8 Å². The van der Waals surface area contributed by atoms with Gasteiger partial charge in [0.05, 0.1) is 24.1 Å². The average molecular weight is 393 g/mol. The minimum absolute atomic E-state index is 0.130. The molecular formula is C23H23NO5. The molecule has 1 aromatic heterocycles. The van der Waals surface area contributed by atoms with Crippen molar-refractivity contribution in [1.29, 1.82) is 0 Å². The van der Waals surface area contributed by atoms with Crippen molar-refractivity contribution in [3.63, 3.8) is 0 Å². The van der Waals surface area contributed by atoms with E-state index in [1.807, 2.05) is 31.2 Å². The molecule has 150 valence electrons. The molecule has 1 atom stereocenters. The summed E-state index contributed by atoms with van der Waals surface area (Å²) in [5.74, 6) is 0.581. The third kappa shape index (κ3) is 3.40. The SMILES string of the molecule is CCOCCCN1C(=O)c2oc3ccccc3c(=O)c2C1c1ccc(OC)cc1. The Morgan fingerprint density at radius 3 is 2.55 bits per heavy atom. The van der Waals surface area contributed by atoms with E-state index >= 15 is 0 Å². The summed E-state index contributed by atoms with van der Waals surface area (Å²) >= 11 is 0. The summed E-state index contributed by atoms with van der Waals surface area (Å²) in [4.78, 5) is 28.2. The second-order valence-electron chi connectivity index (χ2n) is 6.89. The van der Waals surface area contributed by atoms with Gasteiger partial charge in [-0.05, 0) is 43.2 Å². The summed E-state index contributed by atoms with van der Waals surface area (Å²) < 4.78 is 16.6. The number of carbonyl (C=O) groups excluding carboxylic acids is 1. The molecule has 2 aromatic carbocycles. The molecule has 0 aliphatic carbocycles. The first kappa shape index (κ1) is 19.2. The van der Waals surface area contributed by atoms with Crippen molar-refractivity contribution in [2.24, 2.45) is 0 Å². The van der Waals surface area contributed by atoms with Crippen LogP contribution in [0, 0.1) is 0 Å². The largest absolute Gasteiger partial charge is 0.497 e. The van der Waals surface area contributed by atoms with Crippen LogP contribution in [0.15, 0.2) is 57.7 Å². The van der Waals surface area contributed by atoms with E-state index in [1.54, 1.807) is 36.3 Å². The van der Waals surface area contributed by atoms with E-state index < -0.39 is 6.04 Å². The third-order valence-electron chi connectivity index (χ3n) is 5.20. The van der Waals surface area contributed by atoms with Crippen LogP contribution >= 0.6 is 0 Å². The van der Waals surface area contributed by atoms with E-state index in [4.69, 9.17) is 13.9 Å². The Morgan fingerprint density at radius 1 is 1.07 bits per heavy atom. The molecule has 0 saturated heterocycles. The van der Waals surface area contributed by atoms with Gasteiger partial charge < -0.3 is 18.8 Å². The highest BCUT2D eigenvalue weighted by molar-refractivity contribution is 5.99. The lowest BCUT2D eigenvalue weighted by Gasteiger charge is -2.25. The molecule has 0 N–H and O–H groups in total. The smallest absolute Gasteiger partial charge is 0.290 e. The van der Waals surface area contributed by atoms with Crippen molar-refractivity contribution < 1.29 is 18.7 Å². The number of hydrogen-bond acceptors (Lipinski definition) is 5. The lowest BCUT2D eigenvalue weighted by atomic mass is 9.98. The number of methoxy groups -OCH3 is 1. The molecule has 4 rings (SSSR count). The highest BCUT2D eigenvalue weighted by atomic mass is 16.5. The molecule has 6 heteroatoms. The first-order chi connectivity index (χ1) is 14.2. The summed E-state index contributed by atoms with van der Waals surface area (Å²) in [6.07, 6.45) is 0.675. The zero-order chi connectivity index (χ0) is 20.4. The fraction of sp³-hybridized carbons (Fsp3) is 0.304. The van der Waals surface area contributed by atoms with Gasteiger partial charge in [0.25, 0.3) is 5.91 Å². The van der Waals surface area contributed by atoms with Crippen LogP contribution < -0.4 is 10.2 Å². The number of hydrogen-bond donors (Lipinski definition) is 0. The molecule has 0 radical (unpaired) electrons. The monoisotopic (exact) mass is 393 g/mol. The number of amides is 1. The normalized spacial score (nSPS) is 15.7. The highest BCUT2D eigenvalue weighted by Gasteiger charge is 2.42. The lowest BCUT2D eigenvalue weighted by Crippen LogP contribution is -2.31. The average Bonchev–Trinajstić information content (AvgIpc) is 3.03. The molecule has 0 bridgehead atoms. The van der Waals surface area contributed by atoms with Gasteiger partial charge in [-0.1, -0.05) is 24.3 Å². The van der Waals surface area contributed by atoms with Crippen LogP contribution in [0.2, 0.25) is 0 Å². The maximum absolute atomic E-state index is 13.3. The Morgan fingerprint density at radius 2 is 1.83 bits per heavy atom. The molecule has 0 fully saturated rings. The van der Waals surface area contributed by atoms with Crippen molar-refractivity contribution in [1.82, 2.24) is 4.90 Å². The predicted molar refractivity (Wildman–Crippen MR) is 109 cm³/mol. The van der Waals surface area contributed by atoms with Crippen LogP contribution in [-0.2, 0) is 4.74 Å². The molecule has 1 amide bonds. The Bertz CT molecular complexity index is 1090. The zero-order valence-electron chi connectivity index (χ0n) is 16.5. The first-order valence-corrected chi connectivity index (χ1v) is 9.74. The number of ether oxygens (including phenoxy) is 2. The van der Waals surface area contributed by atoms with Crippen molar-refractivity contribution in [2.75, 3.05) is 26.9 Å². The van der Waals surface area contributed by atoms with Gasteiger partial charge in [0.1, 0.15) is 11.3 Å². The minimum atomic E-state index is -0.495. The van der Waals surface area contributed by atoms with Crippen molar-refractivity contribution in [3.8, 4) is 5.75 Å². The van der Waals surface area contributed by atoms with Gasteiger partial charge in [-0.25, -0.2) is 0 Å². The fourth-order valence-corrected chi connectivity index (χ4v) is 3.81. The van der Waals surface area contributed by atoms with Crippen molar-refractivity contribution in [2.45, 2.75) is 19.4 Å². The molecule has 2 heterocycles. The van der Waals surface area contributed by atoms with E-state index in [9.17, 15) is 9.59 Å². The van der Waals surface area contributed by atoms with E-state index in [1.165, 1.54) is 0 Å². The molecule has 1 unspecified atom stereocenters. The molecule has 1 aliphatic heterocycles. The molecule has 0 saturated carbocycles. The Hall–Kier alpha value is -3.12. The number of carbonyl (C=O) groups is 1. The predicted octanol–water partition coefficient (Wildman–Crippen LogP) is 3.77. The highest BCUT2D eigenvalue weighted by Crippen LogP contribution is 2.38. The fourth-order valence-electron chi connectivity index (χ4n) is 3.81. The summed E-state index contributed by atoms with van der Waals surface area (Å²) in [5.41, 5.74) is 1.50. The molecular weight excluding hydrogens is 370 g/mol. The Labute approximate surface area is 168 Å². The number of nitrogens with zero attached hydrogens (tertiary/aromatic N) is 1. The van der Waals surface area contributed by atoms with Crippen LogP contribution in [0.25, 0.3) is 11.0 Å². The summed E-state index contributed by atoms with van der Waals surface area (Å²) in [6.45, 7) is 3.58. The second kappa shape index (κ2) is 8.09. The number of para-hydroxylation sites is 1. The van der Waals surface area contributed by atoms with Crippen molar-refractivity contribution >= 4 is 16.9 Å². The van der Waals surface area contributed by atoms with Crippen LogP contribution in [0.3, 0.4) is 0 Å². The van der Waals surface area contributed by atoms with Gasteiger partial charge in [-0.2, -0.15) is 0 Å². The lowest BCUT2D eigenvalue weighted by molar-refractivity contribution is 0.0696. The summed E-state index contributed by atoms with van der Waals surface area (Å²) in [5, 5.41) is 0.480. The van der Waals surface area contributed by atoms with Gasteiger partial charge in [0.15, 0.2) is 5.43 Å². The van der Waals surface area contributed by atoms with Gasteiger partial charge in [-0.15, -0.1) is 0 Å². The Balaban J connectivity index is 1.82. The van der Waals surface area contributed by atoms with E-state index in [0.717, 1.165) is 5.56 Å². The van der Waals surface area contributed by atoms with Crippen LogP contribution in [0.5, 0.6) is 5.75 Å². The molecule has 0 spiro atoms. The van der Waals surface area contributed by atoms with E-state index in [-0.39, 0.29) is 17.1 Å². The third-order valence-corrected chi connectivity index (χ3v) is 5.20. The number of fused-ring (bicyclic) bond motifs is 2. The van der Waals surface area contributed by atoms with Gasteiger partial charge in [0.2, 0.25) is 5.76 Å². The minimum Gasteiger partial charge on any atom is -0.497 e. The molecule has 29 heavy (non-hydrogen) atoms. The number of benzene rings is 2. The maximum Gasteiger partial charge on any atom is 0.290 e. The van der Waals surface area contributed by atoms with E-state index in [2.05, 4.69) is 0 Å². The molecule has 6 nitrogen and oxygen atoms in total. The van der Waals surface area contributed by atoms with Gasteiger partial charge >= 0.3 is 0 Å². The van der Waals surface area contributed by atoms with Crippen LogP contribution in [0.4, 0.5) is 0 Å². The zero-order valence-corrected chi connectivity index (χ0v) is 16.5. The van der Waals surface area contributed by atoms with Crippen LogP contribution in [0.1, 0.15) is 41.1 Å².